The summed E-state index contributed by atoms with van der Waals surface area (Å²) in [6.45, 7) is 17.0. The largest absolute Gasteiger partial charge is 0.462 e. The Labute approximate surface area is 294 Å². The molecule has 7 nitrogen and oxygen atoms in total. The third-order valence-electron chi connectivity index (χ3n) is 13.7. The van der Waals surface area contributed by atoms with Gasteiger partial charge in [0.1, 0.15) is 6.10 Å². The van der Waals surface area contributed by atoms with Gasteiger partial charge in [-0.15, -0.1) is 0 Å². The Morgan fingerprint density at radius 1 is 0.896 bits per heavy atom. The molecule has 3 saturated carbocycles. The summed E-state index contributed by atoms with van der Waals surface area (Å²) < 4.78 is 6.06. The van der Waals surface area contributed by atoms with E-state index < -0.39 is 0 Å². The van der Waals surface area contributed by atoms with Crippen molar-refractivity contribution in [3.63, 3.8) is 0 Å². The Balaban J connectivity index is 1.25. The lowest BCUT2D eigenvalue weighted by Gasteiger charge is -2.58. The van der Waals surface area contributed by atoms with Crippen LogP contribution in [0, 0.1) is 46.3 Å². The molecule has 0 radical (unpaired) electrons. The van der Waals surface area contributed by atoms with Crippen LogP contribution in [0.3, 0.4) is 0 Å². The predicted molar refractivity (Wildman–Crippen MR) is 198 cm³/mol. The van der Waals surface area contributed by atoms with Crippen molar-refractivity contribution in [3.8, 4) is 0 Å². The normalized spacial score (nSPS) is 31.8. The maximum absolute atomic E-state index is 13.1. The number of carbonyl (C=O) groups excluding carboxylic acids is 2. The van der Waals surface area contributed by atoms with E-state index in [1.807, 2.05) is 4.90 Å². The highest BCUT2D eigenvalue weighted by atomic mass is 16.5. The summed E-state index contributed by atoms with van der Waals surface area (Å²) in [5.74, 6) is 4.80. The first-order valence-electron chi connectivity index (χ1n) is 20.3. The van der Waals surface area contributed by atoms with Gasteiger partial charge in [0, 0.05) is 25.9 Å². The van der Waals surface area contributed by atoms with Crippen molar-refractivity contribution in [2.24, 2.45) is 57.8 Å². The molecule has 7 heteroatoms. The minimum absolute atomic E-state index is 0.0390. The van der Waals surface area contributed by atoms with Crippen molar-refractivity contribution >= 4 is 11.9 Å². The van der Waals surface area contributed by atoms with Gasteiger partial charge < -0.3 is 26.4 Å². The number of nitrogens with two attached hydrogens (primary N) is 2. The van der Waals surface area contributed by atoms with E-state index in [1.54, 1.807) is 5.57 Å². The summed E-state index contributed by atoms with van der Waals surface area (Å²) in [6, 6.07) is 0. The predicted octanol–water partition coefficient (Wildman–Crippen LogP) is 7.62. The van der Waals surface area contributed by atoms with Crippen molar-refractivity contribution in [1.82, 2.24) is 10.2 Å². The molecule has 3 unspecified atom stereocenters. The first-order valence-corrected chi connectivity index (χ1v) is 20.3. The zero-order valence-electron chi connectivity index (χ0n) is 31.7. The number of nitrogens with zero attached hydrogens (tertiary/aromatic N) is 1. The summed E-state index contributed by atoms with van der Waals surface area (Å²) in [6.07, 6.45) is 20.5. The van der Waals surface area contributed by atoms with Crippen LogP contribution in [0.2, 0.25) is 0 Å². The third kappa shape index (κ3) is 9.87. The van der Waals surface area contributed by atoms with Gasteiger partial charge in [-0.3, -0.25) is 9.59 Å². The lowest BCUT2D eigenvalue weighted by molar-refractivity contribution is -0.153. The molecule has 5 N–H and O–H groups in total. The number of ether oxygens (including phenoxy) is 1. The fraction of sp³-hybridized carbons (Fsp3) is 0.902. The smallest absolute Gasteiger partial charge is 0.306 e. The van der Waals surface area contributed by atoms with Gasteiger partial charge in [-0.2, -0.15) is 0 Å². The topological polar surface area (TPSA) is 111 Å². The molecule has 0 spiro atoms. The number of fused-ring (bicyclic) bond motifs is 5. The number of unbranched alkanes of at least 4 members (excludes halogenated alkanes) is 1. The van der Waals surface area contributed by atoms with Crippen molar-refractivity contribution < 1.29 is 14.3 Å². The lowest BCUT2D eigenvalue weighted by atomic mass is 9.47. The Kier molecular flexibility index (Phi) is 15.3. The maximum Gasteiger partial charge on any atom is 0.306 e. The van der Waals surface area contributed by atoms with Crippen molar-refractivity contribution in [2.45, 2.75) is 150 Å². The highest BCUT2D eigenvalue weighted by Gasteiger charge is 2.59. The third-order valence-corrected chi connectivity index (χ3v) is 13.7. The van der Waals surface area contributed by atoms with Crippen molar-refractivity contribution in [1.29, 1.82) is 0 Å². The van der Waals surface area contributed by atoms with Gasteiger partial charge in [-0.25, -0.2) is 0 Å². The zero-order valence-corrected chi connectivity index (χ0v) is 31.7. The number of hydrogen-bond acceptors (Lipinski definition) is 6. The molecule has 4 rings (SSSR count). The zero-order chi connectivity index (χ0) is 34.7. The van der Waals surface area contributed by atoms with E-state index in [-0.39, 0.29) is 36.2 Å². The lowest BCUT2D eigenvalue weighted by Crippen LogP contribution is -2.51. The van der Waals surface area contributed by atoms with Gasteiger partial charge in [0.15, 0.2) is 0 Å². The molecule has 4 aliphatic carbocycles. The average Bonchev–Trinajstić information content (AvgIpc) is 3.42. The van der Waals surface area contributed by atoms with E-state index in [2.05, 4.69) is 46.0 Å². The van der Waals surface area contributed by atoms with Crippen LogP contribution in [0.5, 0.6) is 0 Å². The van der Waals surface area contributed by atoms with Gasteiger partial charge in [0.25, 0.3) is 0 Å². The molecular formula is C41H74N4O3. The Bertz CT molecular complexity index is 1050. The van der Waals surface area contributed by atoms with E-state index in [1.165, 1.54) is 51.4 Å². The summed E-state index contributed by atoms with van der Waals surface area (Å²) in [5.41, 5.74) is 13.6. The van der Waals surface area contributed by atoms with Gasteiger partial charge in [-0.05, 0) is 143 Å². The summed E-state index contributed by atoms with van der Waals surface area (Å²) in [7, 11) is 0. The summed E-state index contributed by atoms with van der Waals surface area (Å²) >= 11 is 0. The van der Waals surface area contributed by atoms with Crippen LogP contribution in [0.4, 0.5) is 0 Å². The van der Waals surface area contributed by atoms with Gasteiger partial charge in [0.05, 0.1) is 6.42 Å². The number of rotatable bonds is 20. The fourth-order valence-electron chi connectivity index (χ4n) is 10.9. The SMILES string of the molecule is CC(C)CCC[C@@H](C)[C@H]1CC[C@H]2C3CC=C4CC(OC(=O)CCC(=O)N(CCCN)CCCCNCCCN)CC[C@]4(C)[C@H]3CCC12C. The van der Waals surface area contributed by atoms with Crippen LogP contribution in [-0.2, 0) is 14.3 Å². The molecule has 276 valence electrons. The number of nitrogens with one attached hydrogen (secondary N) is 1. The molecule has 0 aromatic carbocycles. The van der Waals surface area contributed by atoms with Crippen molar-refractivity contribution in [2.75, 3.05) is 39.3 Å². The van der Waals surface area contributed by atoms with Gasteiger partial charge in [-0.1, -0.05) is 65.5 Å². The van der Waals surface area contributed by atoms with E-state index in [9.17, 15) is 9.59 Å². The highest BCUT2D eigenvalue weighted by Crippen LogP contribution is 2.67. The monoisotopic (exact) mass is 671 g/mol. The minimum atomic E-state index is -0.220. The second kappa shape index (κ2) is 18.7. The highest BCUT2D eigenvalue weighted by molar-refractivity contribution is 5.81. The van der Waals surface area contributed by atoms with Crippen LogP contribution in [-0.4, -0.2) is 62.1 Å². The Hall–Kier alpha value is -1.44. The number of hydrogen-bond donors (Lipinski definition) is 3. The number of carbonyl (C=O) groups is 2. The molecule has 48 heavy (non-hydrogen) atoms. The second-order valence-corrected chi connectivity index (χ2v) is 17.3. The van der Waals surface area contributed by atoms with E-state index in [4.69, 9.17) is 16.2 Å². The molecule has 0 heterocycles. The molecule has 0 aromatic rings. The molecule has 0 saturated heterocycles. The average molecular weight is 671 g/mol. The first kappa shape index (κ1) is 39.3. The fourth-order valence-corrected chi connectivity index (χ4v) is 10.9. The molecule has 8 atom stereocenters. The van der Waals surface area contributed by atoms with Gasteiger partial charge in [0.2, 0.25) is 5.91 Å². The van der Waals surface area contributed by atoms with Crippen LogP contribution in [0.25, 0.3) is 0 Å². The van der Waals surface area contributed by atoms with Crippen LogP contribution < -0.4 is 16.8 Å². The molecule has 0 aromatic heterocycles. The Morgan fingerprint density at radius 2 is 1.65 bits per heavy atom. The van der Waals surface area contributed by atoms with E-state index >= 15 is 0 Å². The van der Waals surface area contributed by atoms with Crippen LogP contribution in [0.15, 0.2) is 11.6 Å². The number of allylic oxidation sites excluding steroid dienone is 1. The maximum atomic E-state index is 13.1. The Morgan fingerprint density at radius 3 is 2.40 bits per heavy atom. The minimum Gasteiger partial charge on any atom is -0.462 e. The van der Waals surface area contributed by atoms with Crippen LogP contribution >= 0.6 is 0 Å². The molecule has 0 bridgehead atoms. The number of amides is 1. The molecule has 3 fully saturated rings. The van der Waals surface area contributed by atoms with E-state index in [0.717, 1.165) is 93.5 Å². The first-order chi connectivity index (χ1) is 23.0. The molecule has 4 aliphatic rings. The van der Waals surface area contributed by atoms with Gasteiger partial charge >= 0.3 is 5.97 Å². The summed E-state index contributed by atoms with van der Waals surface area (Å²) in [4.78, 5) is 28.0. The molecule has 1 amide bonds. The molecular weight excluding hydrogens is 596 g/mol. The number of esters is 1. The van der Waals surface area contributed by atoms with Crippen molar-refractivity contribution in [3.05, 3.63) is 11.6 Å². The summed E-state index contributed by atoms with van der Waals surface area (Å²) in [5, 5.41) is 3.40. The second-order valence-electron chi connectivity index (χ2n) is 17.3. The standard InChI is InChI=1S/C41H74N4O3/c1-30(2)11-8-12-31(3)35-15-16-36-34-14-13-32-29-33(19-21-40(32,4)37(34)20-22-41(35,36)5)48-39(47)18-17-38(46)45(28-10-24-43)27-7-6-25-44-26-9-23-42/h13,30-31,33-37,44H,6-12,14-29,42-43H2,1-5H3/t31-,33?,34?,35-,36+,37+,40+,41?/m1/s1. The molecule has 0 aliphatic heterocycles. The quantitative estimate of drug-likeness (QED) is 0.0699. The van der Waals surface area contributed by atoms with Crippen LogP contribution in [0.1, 0.15) is 144 Å². The van der Waals surface area contributed by atoms with E-state index in [0.29, 0.717) is 31.6 Å².